The van der Waals surface area contributed by atoms with E-state index in [-0.39, 0.29) is 18.1 Å². The molecule has 0 bridgehead atoms. The standard InChI is InChI=1S/C13H20N2O4/c1-3-4-10-11(16)14-13(18)15(12(10)17)8-5-6-9(7-8)19-2/h8-10H,3-7H2,1-2H3,(H,14,16,18). The van der Waals surface area contributed by atoms with Crippen LogP contribution in [0, 0.1) is 5.92 Å². The van der Waals surface area contributed by atoms with Gasteiger partial charge in [-0.05, 0) is 25.7 Å². The number of amides is 4. The van der Waals surface area contributed by atoms with Crippen LogP contribution in [0.5, 0.6) is 0 Å². The molecule has 1 N–H and O–H groups in total. The van der Waals surface area contributed by atoms with E-state index in [0.717, 1.165) is 19.3 Å². The molecule has 3 atom stereocenters. The van der Waals surface area contributed by atoms with Crippen LogP contribution in [0.4, 0.5) is 4.79 Å². The van der Waals surface area contributed by atoms with Gasteiger partial charge < -0.3 is 4.74 Å². The first-order chi connectivity index (χ1) is 9.08. The number of hydrogen-bond acceptors (Lipinski definition) is 4. The van der Waals surface area contributed by atoms with Crippen LogP contribution >= 0.6 is 0 Å². The molecule has 3 unspecified atom stereocenters. The number of hydrogen-bond donors (Lipinski definition) is 1. The highest BCUT2D eigenvalue weighted by molar-refractivity contribution is 6.16. The average molecular weight is 268 g/mol. The Hall–Kier alpha value is -1.43. The third kappa shape index (κ3) is 2.63. The molecule has 2 fully saturated rings. The number of urea groups is 1. The van der Waals surface area contributed by atoms with Crippen LogP contribution in [-0.4, -0.2) is 42.0 Å². The van der Waals surface area contributed by atoms with E-state index >= 15 is 0 Å². The fourth-order valence-electron chi connectivity index (χ4n) is 2.89. The summed E-state index contributed by atoms with van der Waals surface area (Å²) in [6.07, 6.45) is 3.54. The fraction of sp³-hybridized carbons (Fsp3) is 0.769. The van der Waals surface area contributed by atoms with E-state index in [9.17, 15) is 14.4 Å². The lowest BCUT2D eigenvalue weighted by Crippen LogP contribution is -2.60. The largest absolute Gasteiger partial charge is 0.381 e. The quantitative estimate of drug-likeness (QED) is 0.773. The average Bonchev–Trinajstić information content (AvgIpc) is 2.83. The molecule has 1 saturated carbocycles. The molecular formula is C13H20N2O4. The van der Waals surface area contributed by atoms with Crippen LogP contribution in [0.3, 0.4) is 0 Å². The van der Waals surface area contributed by atoms with Crippen LogP contribution in [-0.2, 0) is 14.3 Å². The van der Waals surface area contributed by atoms with Crippen LogP contribution in [0.1, 0.15) is 39.0 Å². The van der Waals surface area contributed by atoms with Gasteiger partial charge in [-0.15, -0.1) is 0 Å². The molecule has 19 heavy (non-hydrogen) atoms. The van der Waals surface area contributed by atoms with Gasteiger partial charge in [-0.25, -0.2) is 4.79 Å². The van der Waals surface area contributed by atoms with E-state index in [4.69, 9.17) is 4.74 Å². The highest BCUT2D eigenvalue weighted by Crippen LogP contribution is 2.29. The summed E-state index contributed by atoms with van der Waals surface area (Å²) in [5.74, 6) is -1.53. The van der Waals surface area contributed by atoms with Crippen molar-refractivity contribution in [2.24, 2.45) is 5.92 Å². The Morgan fingerprint density at radius 3 is 2.63 bits per heavy atom. The summed E-state index contributed by atoms with van der Waals surface area (Å²) in [5.41, 5.74) is 0. The SMILES string of the molecule is CCCC1C(=O)NC(=O)N(C2CCC(OC)C2)C1=O. The van der Waals surface area contributed by atoms with Crippen LogP contribution in [0.25, 0.3) is 0 Å². The second-order valence-electron chi connectivity index (χ2n) is 5.17. The van der Waals surface area contributed by atoms with Gasteiger partial charge in [-0.2, -0.15) is 0 Å². The number of rotatable bonds is 4. The highest BCUT2D eigenvalue weighted by atomic mass is 16.5. The maximum atomic E-state index is 12.3. The van der Waals surface area contributed by atoms with E-state index in [1.165, 1.54) is 4.90 Å². The van der Waals surface area contributed by atoms with Crippen molar-refractivity contribution in [1.29, 1.82) is 0 Å². The maximum absolute atomic E-state index is 12.3. The van der Waals surface area contributed by atoms with Crippen molar-refractivity contribution in [2.75, 3.05) is 7.11 Å². The lowest BCUT2D eigenvalue weighted by atomic mass is 9.98. The molecule has 0 aromatic carbocycles. The van der Waals surface area contributed by atoms with Crippen molar-refractivity contribution >= 4 is 17.8 Å². The van der Waals surface area contributed by atoms with E-state index in [1.807, 2.05) is 6.92 Å². The van der Waals surface area contributed by atoms with Crippen molar-refractivity contribution in [3.05, 3.63) is 0 Å². The minimum atomic E-state index is -0.718. The van der Waals surface area contributed by atoms with E-state index in [1.54, 1.807) is 7.11 Å². The Kier molecular flexibility index (Phi) is 4.19. The van der Waals surface area contributed by atoms with Gasteiger partial charge in [0, 0.05) is 13.2 Å². The molecule has 0 aromatic heterocycles. The number of carbonyl (C=O) groups is 3. The van der Waals surface area contributed by atoms with E-state index in [0.29, 0.717) is 12.8 Å². The summed E-state index contributed by atoms with van der Waals surface area (Å²) in [6.45, 7) is 1.91. The normalized spacial score (nSPS) is 31.8. The van der Waals surface area contributed by atoms with Gasteiger partial charge in [0.05, 0.1) is 6.10 Å². The zero-order valence-electron chi connectivity index (χ0n) is 11.3. The van der Waals surface area contributed by atoms with Crippen LogP contribution in [0.2, 0.25) is 0 Å². The third-order valence-corrected chi connectivity index (χ3v) is 3.93. The summed E-state index contributed by atoms with van der Waals surface area (Å²) >= 11 is 0. The zero-order chi connectivity index (χ0) is 14.0. The minimum Gasteiger partial charge on any atom is -0.381 e. The molecule has 0 spiro atoms. The number of imide groups is 2. The first-order valence-corrected chi connectivity index (χ1v) is 6.79. The summed E-state index contributed by atoms with van der Waals surface area (Å²) < 4.78 is 5.26. The number of ether oxygens (including phenoxy) is 1. The Balaban J connectivity index is 2.12. The van der Waals surface area contributed by atoms with Crippen molar-refractivity contribution in [3.8, 4) is 0 Å². The van der Waals surface area contributed by atoms with Crippen LogP contribution < -0.4 is 5.32 Å². The maximum Gasteiger partial charge on any atom is 0.331 e. The molecule has 106 valence electrons. The van der Waals surface area contributed by atoms with Gasteiger partial charge in [0.2, 0.25) is 11.8 Å². The Morgan fingerprint density at radius 1 is 1.32 bits per heavy atom. The van der Waals surface area contributed by atoms with Crippen molar-refractivity contribution in [2.45, 2.75) is 51.2 Å². The van der Waals surface area contributed by atoms with Crippen molar-refractivity contribution in [1.82, 2.24) is 10.2 Å². The lowest BCUT2D eigenvalue weighted by molar-refractivity contribution is -0.144. The predicted molar refractivity (Wildman–Crippen MR) is 67.2 cm³/mol. The molecule has 2 rings (SSSR count). The third-order valence-electron chi connectivity index (χ3n) is 3.93. The highest BCUT2D eigenvalue weighted by Gasteiger charge is 2.44. The number of nitrogens with zero attached hydrogens (tertiary/aromatic N) is 1. The number of carbonyl (C=O) groups excluding carboxylic acids is 3. The monoisotopic (exact) mass is 268 g/mol. The lowest BCUT2D eigenvalue weighted by Gasteiger charge is -2.34. The first kappa shape index (κ1) is 14.0. The smallest absolute Gasteiger partial charge is 0.331 e. The summed E-state index contributed by atoms with van der Waals surface area (Å²) in [5, 5.41) is 2.29. The van der Waals surface area contributed by atoms with Crippen molar-refractivity contribution < 1.29 is 19.1 Å². The molecule has 0 radical (unpaired) electrons. The van der Waals surface area contributed by atoms with Crippen molar-refractivity contribution in [3.63, 3.8) is 0 Å². The molecule has 0 aromatic rings. The van der Waals surface area contributed by atoms with Gasteiger partial charge >= 0.3 is 6.03 Å². The Bertz CT molecular complexity index is 396. The molecule has 2 aliphatic rings. The zero-order valence-corrected chi connectivity index (χ0v) is 11.3. The predicted octanol–water partition coefficient (Wildman–Crippen LogP) is 1.05. The Morgan fingerprint density at radius 2 is 2.05 bits per heavy atom. The van der Waals surface area contributed by atoms with Gasteiger partial charge in [0.1, 0.15) is 5.92 Å². The second-order valence-corrected chi connectivity index (χ2v) is 5.17. The summed E-state index contributed by atoms with van der Waals surface area (Å²) in [6, 6.07) is -0.728. The summed E-state index contributed by atoms with van der Waals surface area (Å²) in [4.78, 5) is 37.1. The molecule has 4 amide bonds. The van der Waals surface area contributed by atoms with Gasteiger partial charge in [-0.1, -0.05) is 13.3 Å². The van der Waals surface area contributed by atoms with E-state index < -0.39 is 17.9 Å². The Labute approximate surface area is 112 Å². The fourth-order valence-corrected chi connectivity index (χ4v) is 2.89. The van der Waals surface area contributed by atoms with Gasteiger partial charge in [0.15, 0.2) is 0 Å². The number of methoxy groups -OCH3 is 1. The number of barbiturate groups is 1. The molecule has 1 aliphatic heterocycles. The van der Waals surface area contributed by atoms with Crippen LogP contribution in [0.15, 0.2) is 0 Å². The van der Waals surface area contributed by atoms with E-state index in [2.05, 4.69) is 5.32 Å². The molecule has 6 heteroatoms. The topological polar surface area (TPSA) is 75.7 Å². The molecule has 1 heterocycles. The second kappa shape index (κ2) is 5.69. The molecule has 6 nitrogen and oxygen atoms in total. The summed E-state index contributed by atoms with van der Waals surface area (Å²) in [7, 11) is 1.63. The molecular weight excluding hydrogens is 248 g/mol. The minimum absolute atomic E-state index is 0.0906. The number of nitrogens with one attached hydrogen (secondary N) is 1. The molecule has 1 aliphatic carbocycles. The van der Waals surface area contributed by atoms with Gasteiger partial charge in [0.25, 0.3) is 0 Å². The first-order valence-electron chi connectivity index (χ1n) is 6.79. The van der Waals surface area contributed by atoms with Gasteiger partial charge in [-0.3, -0.25) is 19.8 Å². The molecule has 1 saturated heterocycles.